The number of nitrogens with zero attached hydrogens (tertiary/aromatic N) is 4. The number of carbonyl (C=O) groups is 1. The number of rotatable bonds is 5. The van der Waals surface area contributed by atoms with Gasteiger partial charge in [0, 0.05) is 42.5 Å². The predicted octanol–water partition coefficient (Wildman–Crippen LogP) is 2.11. The van der Waals surface area contributed by atoms with Crippen LogP contribution < -0.4 is 5.32 Å². The van der Waals surface area contributed by atoms with Crippen molar-refractivity contribution < 1.29 is 4.79 Å². The van der Waals surface area contributed by atoms with Gasteiger partial charge in [-0.1, -0.05) is 30.3 Å². The third kappa shape index (κ3) is 3.29. The van der Waals surface area contributed by atoms with Gasteiger partial charge in [-0.15, -0.1) is 0 Å². The lowest BCUT2D eigenvalue weighted by Gasteiger charge is -2.05. The molecule has 0 saturated carbocycles. The van der Waals surface area contributed by atoms with Crippen LogP contribution in [-0.2, 0) is 6.54 Å². The van der Waals surface area contributed by atoms with Gasteiger partial charge in [0.2, 0.25) is 5.95 Å². The second kappa shape index (κ2) is 6.53. The highest BCUT2D eigenvalue weighted by Crippen LogP contribution is 2.09. The van der Waals surface area contributed by atoms with Gasteiger partial charge in [-0.05, 0) is 0 Å². The minimum atomic E-state index is -0.0939. The molecule has 0 fully saturated rings. The van der Waals surface area contributed by atoms with Crippen LogP contribution in [0.3, 0.4) is 0 Å². The van der Waals surface area contributed by atoms with E-state index < -0.39 is 0 Å². The summed E-state index contributed by atoms with van der Waals surface area (Å²) in [6, 6.07) is 9.05. The molecule has 3 aromatic rings. The molecule has 0 aliphatic rings. The van der Waals surface area contributed by atoms with Crippen molar-refractivity contribution in [3.63, 3.8) is 0 Å². The molecule has 3 rings (SSSR count). The summed E-state index contributed by atoms with van der Waals surface area (Å²) in [6.45, 7) is 0.521. The molecule has 0 aliphatic carbocycles. The van der Waals surface area contributed by atoms with Gasteiger partial charge in [0.15, 0.2) is 5.78 Å². The summed E-state index contributed by atoms with van der Waals surface area (Å²) < 4.78 is 0. The van der Waals surface area contributed by atoms with Crippen LogP contribution in [0.4, 0.5) is 5.95 Å². The number of carbonyl (C=O) groups excluding carboxylic acids is 1. The topological polar surface area (TPSA) is 80.7 Å². The highest BCUT2D eigenvalue weighted by molar-refractivity contribution is 6.08. The van der Waals surface area contributed by atoms with E-state index >= 15 is 0 Å². The number of aromatic nitrogens is 4. The van der Waals surface area contributed by atoms with Crippen molar-refractivity contribution in [1.29, 1.82) is 0 Å². The van der Waals surface area contributed by atoms with Crippen molar-refractivity contribution >= 4 is 11.7 Å². The molecule has 6 nitrogen and oxygen atoms in total. The second-order valence-electron chi connectivity index (χ2n) is 4.59. The molecular formula is C16H13N5O. The van der Waals surface area contributed by atoms with Crippen molar-refractivity contribution in [2.75, 3.05) is 5.32 Å². The first-order valence-corrected chi connectivity index (χ1v) is 6.72. The summed E-state index contributed by atoms with van der Waals surface area (Å²) in [6.07, 6.45) is 7.95. The lowest BCUT2D eigenvalue weighted by molar-refractivity contribution is 0.103. The Labute approximate surface area is 127 Å². The van der Waals surface area contributed by atoms with Crippen molar-refractivity contribution in [2.24, 2.45) is 0 Å². The highest BCUT2D eigenvalue weighted by atomic mass is 16.1. The van der Waals surface area contributed by atoms with Crippen LogP contribution >= 0.6 is 0 Å². The molecule has 2 aromatic heterocycles. The summed E-state index contributed by atoms with van der Waals surface area (Å²) in [5.41, 5.74) is 2.00. The number of hydrogen-bond acceptors (Lipinski definition) is 6. The SMILES string of the molecule is O=C(c1ccccc1)c1cnc(NCc2cncnc2)nc1. The van der Waals surface area contributed by atoms with Gasteiger partial charge in [0.25, 0.3) is 0 Å². The lowest BCUT2D eigenvalue weighted by atomic mass is 10.1. The number of hydrogen-bond donors (Lipinski definition) is 1. The van der Waals surface area contributed by atoms with Crippen LogP contribution in [0.5, 0.6) is 0 Å². The van der Waals surface area contributed by atoms with Crippen LogP contribution in [-0.4, -0.2) is 25.7 Å². The van der Waals surface area contributed by atoms with E-state index in [9.17, 15) is 4.79 Å². The molecular weight excluding hydrogens is 278 g/mol. The van der Waals surface area contributed by atoms with Crippen LogP contribution in [0.2, 0.25) is 0 Å². The number of nitrogens with one attached hydrogen (secondary N) is 1. The molecule has 108 valence electrons. The maximum atomic E-state index is 12.2. The van der Waals surface area contributed by atoms with Gasteiger partial charge < -0.3 is 5.32 Å². The Morgan fingerprint density at radius 1 is 0.909 bits per heavy atom. The minimum Gasteiger partial charge on any atom is -0.350 e. The molecule has 6 heteroatoms. The van der Waals surface area contributed by atoms with Gasteiger partial charge in [-0.3, -0.25) is 4.79 Å². The molecule has 1 N–H and O–H groups in total. The zero-order valence-corrected chi connectivity index (χ0v) is 11.7. The molecule has 0 bridgehead atoms. The molecule has 0 spiro atoms. The molecule has 0 amide bonds. The summed E-state index contributed by atoms with van der Waals surface area (Å²) in [5.74, 6) is 0.358. The molecule has 0 radical (unpaired) electrons. The van der Waals surface area contributed by atoms with E-state index in [0.29, 0.717) is 23.6 Å². The Morgan fingerprint density at radius 3 is 2.27 bits per heavy atom. The Morgan fingerprint density at radius 2 is 1.59 bits per heavy atom. The van der Waals surface area contributed by atoms with E-state index in [4.69, 9.17) is 0 Å². The average Bonchev–Trinajstić information content (AvgIpc) is 2.61. The monoisotopic (exact) mass is 291 g/mol. The third-order valence-electron chi connectivity index (χ3n) is 3.01. The fourth-order valence-electron chi connectivity index (χ4n) is 1.90. The van der Waals surface area contributed by atoms with Gasteiger partial charge in [-0.2, -0.15) is 0 Å². The zero-order valence-electron chi connectivity index (χ0n) is 11.7. The minimum absolute atomic E-state index is 0.0939. The van der Waals surface area contributed by atoms with E-state index in [2.05, 4.69) is 25.3 Å². The fraction of sp³-hybridized carbons (Fsp3) is 0.0625. The van der Waals surface area contributed by atoms with Gasteiger partial charge in [-0.25, -0.2) is 19.9 Å². The Balaban J connectivity index is 1.67. The lowest BCUT2D eigenvalue weighted by Crippen LogP contribution is -2.07. The van der Waals surface area contributed by atoms with Crippen LogP contribution in [0.25, 0.3) is 0 Å². The third-order valence-corrected chi connectivity index (χ3v) is 3.01. The molecule has 1 aromatic carbocycles. The first kappa shape index (κ1) is 13.8. The smallest absolute Gasteiger partial charge is 0.222 e. The second-order valence-corrected chi connectivity index (χ2v) is 4.59. The first-order valence-electron chi connectivity index (χ1n) is 6.72. The van der Waals surface area contributed by atoms with Crippen molar-refractivity contribution in [1.82, 2.24) is 19.9 Å². The van der Waals surface area contributed by atoms with Gasteiger partial charge in [0.1, 0.15) is 6.33 Å². The number of ketones is 1. The van der Waals surface area contributed by atoms with Crippen LogP contribution in [0.15, 0.2) is 61.4 Å². The fourth-order valence-corrected chi connectivity index (χ4v) is 1.90. The molecule has 0 unspecified atom stereocenters. The quantitative estimate of drug-likeness (QED) is 0.725. The van der Waals surface area contributed by atoms with Gasteiger partial charge >= 0.3 is 0 Å². The predicted molar refractivity (Wildman–Crippen MR) is 81.3 cm³/mol. The largest absolute Gasteiger partial charge is 0.350 e. The maximum absolute atomic E-state index is 12.2. The van der Waals surface area contributed by atoms with Crippen molar-refractivity contribution in [2.45, 2.75) is 6.54 Å². The normalized spacial score (nSPS) is 10.2. The van der Waals surface area contributed by atoms with Crippen LogP contribution in [0.1, 0.15) is 21.5 Å². The van der Waals surface area contributed by atoms with E-state index in [1.54, 1.807) is 24.5 Å². The van der Waals surface area contributed by atoms with E-state index in [1.807, 2.05) is 18.2 Å². The highest BCUT2D eigenvalue weighted by Gasteiger charge is 2.09. The summed E-state index contributed by atoms with van der Waals surface area (Å²) >= 11 is 0. The number of benzene rings is 1. The zero-order chi connectivity index (χ0) is 15.2. The standard InChI is InChI=1S/C16H13N5O/c22-15(13-4-2-1-3-5-13)14-9-20-16(21-10-14)19-8-12-6-17-11-18-7-12/h1-7,9-11H,8H2,(H,19,20,21). The van der Waals surface area contributed by atoms with Gasteiger partial charge in [0.05, 0.1) is 5.56 Å². The van der Waals surface area contributed by atoms with E-state index in [0.717, 1.165) is 5.56 Å². The summed E-state index contributed by atoms with van der Waals surface area (Å²) in [5, 5.41) is 3.05. The summed E-state index contributed by atoms with van der Waals surface area (Å²) in [7, 11) is 0. The average molecular weight is 291 g/mol. The summed E-state index contributed by atoms with van der Waals surface area (Å²) in [4.78, 5) is 28.4. The van der Waals surface area contributed by atoms with E-state index in [-0.39, 0.29) is 5.78 Å². The maximum Gasteiger partial charge on any atom is 0.222 e. The molecule has 0 aliphatic heterocycles. The number of anilines is 1. The first-order chi connectivity index (χ1) is 10.8. The Bertz CT molecular complexity index is 745. The van der Waals surface area contributed by atoms with Crippen molar-refractivity contribution in [3.05, 3.63) is 78.1 Å². The van der Waals surface area contributed by atoms with Crippen molar-refractivity contribution in [3.8, 4) is 0 Å². The molecule has 0 atom stereocenters. The van der Waals surface area contributed by atoms with E-state index in [1.165, 1.54) is 18.7 Å². The van der Waals surface area contributed by atoms with Crippen LogP contribution in [0, 0.1) is 0 Å². The molecule has 22 heavy (non-hydrogen) atoms. The Kier molecular flexibility index (Phi) is 4.10. The Hall–Kier alpha value is -3.15. The molecule has 0 saturated heterocycles. The molecule has 2 heterocycles.